The SMILES string of the molecule is COC(=O)[C@H]1NC[C@H](Oc2nc3cc(OC)ccc3nc2Cl)[C@H]1C1CC1. The predicted molar refractivity (Wildman–Crippen MR) is 95.5 cm³/mol. The van der Waals surface area contributed by atoms with Crippen LogP contribution in [-0.4, -0.2) is 48.8 Å². The molecule has 2 aromatic rings. The highest BCUT2D eigenvalue weighted by Gasteiger charge is 2.50. The molecule has 1 aromatic carbocycles. The van der Waals surface area contributed by atoms with Gasteiger partial charge in [-0.05, 0) is 30.9 Å². The van der Waals surface area contributed by atoms with Gasteiger partial charge in [0.1, 0.15) is 17.9 Å². The maximum Gasteiger partial charge on any atom is 0.323 e. The van der Waals surface area contributed by atoms with Gasteiger partial charge in [-0.1, -0.05) is 11.6 Å². The van der Waals surface area contributed by atoms with Crippen molar-refractivity contribution in [1.82, 2.24) is 15.3 Å². The highest BCUT2D eigenvalue weighted by atomic mass is 35.5. The Labute approximate surface area is 156 Å². The molecule has 3 atom stereocenters. The van der Waals surface area contributed by atoms with Gasteiger partial charge < -0.3 is 19.5 Å². The Bertz CT molecular complexity index is 843. The van der Waals surface area contributed by atoms with Gasteiger partial charge in [0.15, 0.2) is 5.15 Å². The number of esters is 1. The Kier molecular flexibility index (Phi) is 4.58. The van der Waals surface area contributed by atoms with E-state index in [0.29, 0.717) is 29.2 Å². The van der Waals surface area contributed by atoms with Crippen LogP contribution >= 0.6 is 11.6 Å². The van der Waals surface area contributed by atoms with Crippen LogP contribution in [0.5, 0.6) is 11.6 Å². The quantitative estimate of drug-likeness (QED) is 0.800. The van der Waals surface area contributed by atoms with Gasteiger partial charge in [-0.15, -0.1) is 0 Å². The maximum absolute atomic E-state index is 12.1. The summed E-state index contributed by atoms with van der Waals surface area (Å²) >= 11 is 6.28. The molecule has 4 rings (SSSR count). The zero-order chi connectivity index (χ0) is 18.3. The zero-order valence-electron chi connectivity index (χ0n) is 14.6. The molecule has 1 saturated heterocycles. The van der Waals surface area contributed by atoms with Crippen molar-refractivity contribution in [3.8, 4) is 11.6 Å². The number of fused-ring (bicyclic) bond motifs is 1. The molecular weight excluding hydrogens is 358 g/mol. The average Bonchev–Trinajstić information content (AvgIpc) is 3.41. The molecule has 26 heavy (non-hydrogen) atoms. The number of nitrogens with zero attached hydrogens (tertiary/aromatic N) is 2. The number of benzene rings is 1. The Hall–Kier alpha value is -2.12. The van der Waals surface area contributed by atoms with Crippen LogP contribution in [0.15, 0.2) is 18.2 Å². The lowest BCUT2D eigenvalue weighted by Gasteiger charge is -2.23. The minimum Gasteiger partial charge on any atom is -0.497 e. The molecule has 1 saturated carbocycles. The van der Waals surface area contributed by atoms with E-state index < -0.39 is 0 Å². The van der Waals surface area contributed by atoms with Gasteiger partial charge in [-0.2, -0.15) is 0 Å². The van der Waals surface area contributed by atoms with E-state index in [1.807, 2.05) is 0 Å². The van der Waals surface area contributed by atoms with Gasteiger partial charge in [0.05, 0.1) is 25.3 Å². The first kappa shape index (κ1) is 17.3. The Morgan fingerprint density at radius 2 is 2.04 bits per heavy atom. The summed E-state index contributed by atoms with van der Waals surface area (Å²) in [6.45, 7) is 0.537. The number of aromatic nitrogens is 2. The molecular formula is C18H20ClN3O4. The lowest BCUT2D eigenvalue weighted by atomic mass is 9.93. The number of hydrogen-bond acceptors (Lipinski definition) is 7. The standard InChI is InChI=1S/C18H20ClN3O4/c1-24-10-5-6-11-12(7-10)22-17(16(19)21-11)26-13-8-20-15(18(23)25-2)14(13)9-3-4-9/h5-7,9,13-15,20H,3-4,8H2,1-2H3/t13-,14+,15-/m0/s1. The fourth-order valence-corrected chi connectivity index (χ4v) is 3.79. The number of methoxy groups -OCH3 is 2. The topological polar surface area (TPSA) is 82.6 Å². The van der Waals surface area contributed by atoms with Crippen molar-refractivity contribution in [2.75, 3.05) is 20.8 Å². The second-order valence-electron chi connectivity index (χ2n) is 6.65. The van der Waals surface area contributed by atoms with Gasteiger partial charge >= 0.3 is 5.97 Å². The van der Waals surface area contributed by atoms with Crippen LogP contribution in [0.25, 0.3) is 11.0 Å². The number of ether oxygens (including phenoxy) is 3. The summed E-state index contributed by atoms with van der Waals surface area (Å²) in [7, 11) is 3.00. The van der Waals surface area contributed by atoms with Gasteiger partial charge in [-0.25, -0.2) is 9.97 Å². The summed E-state index contributed by atoms with van der Waals surface area (Å²) in [4.78, 5) is 20.9. The molecule has 1 aliphatic heterocycles. The van der Waals surface area contributed by atoms with Crippen molar-refractivity contribution in [2.45, 2.75) is 25.0 Å². The normalized spacial score (nSPS) is 25.3. The summed E-state index contributed by atoms with van der Waals surface area (Å²) in [5.74, 6) is 1.20. The average molecular weight is 378 g/mol. The van der Waals surface area contributed by atoms with Crippen molar-refractivity contribution in [3.63, 3.8) is 0 Å². The van der Waals surface area contributed by atoms with E-state index in [2.05, 4.69) is 15.3 Å². The number of halogens is 1. The molecule has 8 heteroatoms. The van der Waals surface area contributed by atoms with Crippen LogP contribution in [0.3, 0.4) is 0 Å². The fourth-order valence-electron chi connectivity index (χ4n) is 3.62. The van der Waals surface area contributed by atoms with Crippen molar-refractivity contribution in [1.29, 1.82) is 0 Å². The van der Waals surface area contributed by atoms with E-state index >= 15 is 0 Å². The molecule has 0 radical (unpaired) electrons. The Balaban J connectivity index is 1.61. The highest BCUT2D eigenvalue weighted by molar-refractivity contribution is 6.31. The number of nitrogens with one attached hydrogen (secondary N) is 1. The van der Waals surface area contributed by atoms with E-state index in [1.54, 1.807) is 25.3 Å². The minimum absolute atomic E-state index is 0.0429. The highest BCUT2D eigenvalue weighted by Crippen LogP contribution is 2.43. The molecule has 1 N–H and O–H groups in total. The molecule has 0 spiro atoms. The van der Waals surface area contributed by atoms with Gasteiger partial charge in [-0.3, -0.25) is 4.79 Å². The largest absolute Gasteiger partial charge is 0.497 e. The smallest absolute Gasteiger partial charge is 0.323 e. The number of carbonyl (C=O) groups excluding carboxylic acids is 1. The van der Waals surface area contributed by atoms with Crippen LogP contribution in [-0.2, 0) is 9.53 Å². The van der Waals surface area contributed by atoms with E-state index in [0.717, 1.165) is 12.8 Å². The van der Waals surface area contributed by atoms with Gasteiger partial charge in [0.25, 0.3) is 5.88 Å². The Morgan fingerprint density at radius 1 is 1.23 bits per heavy atom. The number of rotatable bonds is 5. The van der Waals surface area contributed by atoms with Gasteiger partial charge in [0, 0.05) is 18.5 Å². The third-order valence-corrected chi connectivity index (χ3v) is 5.28. The summed E-state index contributed by atoms with van der Waals surface area (Å²) in [5, 5.41) is 3.42. The fraction of sp³-hybridized carbons (Fsp3) is 0.500. The maximum atomic E-state index is 12.1. The summed E-state index contributed by atoms with van der Waals surface area (Å²) in [6, 6.07) is 5.03. The van der Waals surface area contributed by atoms with E-state index in [4.69, 9.17) is 25.8 Å². The molecule has 0 amide bonds. The Morgan fingerprint density at radius 3 is 2.73 bits per heavy atom. The molecule has 7 nitrogen and oxygen atoms in total. The monoisotopic (exact) mass is 377 g/mol. The van der Waals surface area contributed by atoms with E-state index in [-0.39, 0.29) is 35.1 Å². The summed E-state index contributed by atoms with van der Waals surface area (Å²) < 4.78 is 16.3. The van der Waals surface area contributed by atoms with E-state index in [9.17, 15) is 4.79 Å². The third kappa shape index (κ3) is 3.17. The first-order valence-corrected chi connectivity index (χ1v) is 8.97. The van der Waals surface area contributed by atoms with Crippen molar-refractivity contribution in [3.05, 3.63) is 23.4 Å². The molecule has 1 aromatic heterocycles. The van der Waals surface area contributed by atoms with Crippen LogP contribution < -0.4 is 14.8 Å². The minimum atomic E-state index is -0.357. The lowest BCUT2D eigenvalue weighted by Crippen LogP contribution is -2.39. The molecule has 2 heterocycles. The molecule has 0 unspecified atom stereocenters. The van der Waals surface area contributed by atoms with Crippen LogP contribution in [0.4, 0.5) is 0 Å². The molecule has 2 fully saturated rings. The summed E-state index contributed by atoms with van der Waals surface area (Å²) in [5.41, 5.74) is 1.31. The second kappa shape index (κ2) is 6.89. The number of carbonyl (C=O) groups is 1. The van der Waals surface area contributed by atoms with Crippen LogP contribution in [0, 0.1) is 11.8 Å². The second-order valence-corrected chi connectivity index (χ2v) is 7.01. The molecule has 0 bridgehead atoms. The first-order chi connectivity index (χ1) is 12.6. The van der Waals surface area contributed by atoms with Crippen molar-refractivity contribution in [2.24, 2.45) is 11.8 Å². The van der Waals surface area contributed by atoms with Crippen molar-refractivity contribution >= 4 is 28.6 Å². The van der Waals surface area contributed by atoms with Crippen LogP contribution in [0.1, 0.15) is 12.8 Å². The summed E-state index contributed by atoms with van der Waals surface area (Å²) in [6.07, 6.45) is 1.98. The van der Waals surface area contributed by atoms with Crippen molar-refractivity contribution < 1.29 is 19.0 Å². The number of hydrogen-bond donors (Lipinski definition) is 1. The van der Waals surface area contributed by atoms with Crippen LogP contribution in [0.2, 0.25) is 5.15 Å². The molecule has 138 valence electrons. The van der Waals surface area contributed by atoms with E-state index in [1.165, 1.54) is 7.11 Å². The first-order valence-electron chi connectivity index (χ1n) is 8.60. The molecule has 1 aliphatic carbocycles. The van der Waals surface area contributed by atoms with Gasteiger partial charge in [0.2, 0.25) is 0 Å². The zero-order valence-corrected chi connectivity index (χ0v) is 15.3. The molecule has 2 aliphatic rings. The third-order valence-electron chi connectivity index (χ3n) is 5.04. The predicted octanol–water partition coefficient (Wildman–Crippen LogP) is 2.21. The lowest BCUT2D eigenvalue weighted by molar-refractivity contribution is -0.144.